The second-order valence-corrected chi connectivity index (χ2v) is 10.9. The van der Waals surface area contributed by atoms with Gasteiger partial charge in [-0.15, -0.1) is 0 Å². The van der Waals surface area contributed by atoms with Crippen LogP contribution in [0.3, 0.4) is 0 Å². The number of sulfonamides is 1. The van der Waals surface area contributed by atoms with Crippen LogP contribution in [0.1, 0.15) is 40.2 Å². The average Bonchev–Trinajstić information content (AvgIpc) is 2.71. The molecule has 6 heteroatoms. The summed E-state index contributed by atoms with van der Waals surface area (Å²) in [4.78, 5) is 13.1. The fourth-order valence-corrected chi connectivity index (χ4v) is 4.69. The number of rotatable bonds is 6. The number of carbonyl (C=O) groups excluding carboxylic acids is 1. The van der Waals surface area contributed by atoms with Crippen molar-refractivity contribution in [2.45, 2.75) is 51.0 Å². The van der Waals surface area contributed by atoms with Crippen molar-refractivity contribution in [2.24, 2.45) is 5.92 Å². The quantitative estimate of drug-likeness (QED) is 0.564. The van der Waals surface area contributed by atoms with Crippen LogP contribution >= 0.6 is 0 Å². The van der Waals surface area contributed by atoms with E-state index < -0.39 is 16.1 Å². The molecule has 1 atom stereocenters. The van der Waals surface area contributed by atoms with Gasteiger partial charge in [0.2, 0.25) is 15.9 Å². The van der Waals surface area contributed by atoms with Crippen molar-refractivity contribution in [3.8, 4) is 0 Å². The molecule has 0 saturated carbocycles. The van der Waals surface area contributed by atoms with Gasteiger partial charge in [0.05, 0.1) is 4.90 Å². The number of carbonyl (C=O) groups is 1. The molecule has 0 aromatic heterocycles. The van der Waals surface area contributed by atoms with Crippen LogP contribution < -0.4 is 10.0 Å². The first-order chi connectivity index (χ1) is 14.5. The number of nitrogens with one attached hydrogen (secondary N) is 2. The third-order valence-corrected chi connectivity index (χ3v) is 6.74. The fourth-order valence-electron chi connectivity index (χ4n) is 3.35. The molecule has 3 aromatic carbocycles. The topological polar surface area (TPSA) is 75.3 Å². The number of amides is 1. The van der Waals surface area contributed by atoms with Crippen molar-refractivity contribution in [2.75, 3.05) is 5.32 Å². The molecule has 5 nitrogen and oxygen atoms in total. The first kappa shape index (κ1) is 23.0. The molecule has 0 aliphatic carbocycles. The van der Waals surface area contributed by atoms with Gasteiger partial charge in [0.1, 0.15) is 6.04 Å². The smallest absolute Gasteiger partial charge is 0.242 e. The molecule has 31 heavy (non-hydrogen) atoms. The van der Waals surface area contributed by atoms with E-state index in [-0.39, 0.29) is 22.1 Å². The van der Waals surface area contributed by atoms with E-state index in [0.29, 0.717) is 5.69 Å². The predicted molar refractivity (Wildman–Crippen MR) is 127 cm³/mol. The monoisotopic (exact) mass is 438 g/mol. The Bertz CT molecular complexity index is 1180. The standard InChI is InChI=1S/C25H30N2O3S/c1-17(2)23(24(28)26-21-13-10-18-8-6-7-9-19(18)16-21)27-31(29,30)22-14-11-20(12-15-22)25(3,4)5/h6-17,23,27H,1-5H3,(H,26,28). The Hall–Kier alpha value is -2.70. The van der Waals surface area contributed by atoms with Crippen LogP contribution in [-0.4, -0.2) is 20.4 Å². The summed E-state index contributed by atoms with van der Waals surface area (Å²) in [6, 6.07) is 19.4. The van der Waals surface area contributed by atoms with Crippen molar-refractivity contribution in [3.63, 3.8) is 0 Å². The van der Waals surface area contributed by atoms with E-state index in [1.807, 2.05) is 68.4 Å². The minimum absolute atomic E-state index is 0.0735. The van der Waals surface area contributed by atoms with Crippen LogP contribution in [0.4, 0.5) is 5.69 Å². The summed E-state index contributed by atoms with van der Waals surface area (Å²) >= 11 is 0. The summed E-state index contributed by atoms with van der Waals surface area (Å²) in [5.74, 6) is -0.621. The lowest BCUT2D eigenvalue weighted by atomic mass is 9.87. The van der Waals surface area contributed by atoms with E-state index in [0.717, 1.165) is 16.3 Å². The third kappa shape index (κ3) is 5.51. The number of benzene rings is 3. The van der Waals surface area contributed by atoms with E-state index >= 15 is 0 Å². The van der Waals surface area contributed by atoms with E-state index in [1.54, 1.807) is 12.1 Å². The maximum atomic E-state index is 12.9. The largest absolute Gasteiger partial charge is 0.325 e. The van der Waals surface area contributed by atoms with Gasteiger partial charge in [0.15, 0.2) is 0 Å². The molecule has 1 unspecified atom stereocenters. The molecule has 0 saturated heterocycles. The Morgan fingerprint density at radius 3 is 2.06 bits per heavy atom. The van der Waals surface area contributed by atoms with Crippen LogP contribution in [-0.2, 0) is 20.2 Å². The first-order valence-corrected chi connectivity index (χ1v) is 11.9. The summed E-state index contributed by atoms with van der Waals surface area (Å²) in [5, 5.41) is 4.92. The lowest BCUT2D eigenvalue weighted by Crippen LogP contribution is -2.47. The zero-order valence-corrected chi connectivity index (χ0v) is 19.5. The summed E-state index contributed by atoms with van der Waals surface area (Å²) in [7, 11) is -3.85. The molecule has 0 heterocycles. The summed E-state index contributed by atoms with van der Waals surface area (Å²) in [6.45, 7) is 9.84. The van der Waals surface area contributed by atoms with Crippen molar-refractivity contribution < 1.29 is 13.2 Å². The molecule has 0 bridgehead atoms. The Morgan fingerprint density at radius 1 is 0.871 bits per heavy atom. The van der Waals surface area contributed by atoms with E-state index in [4.69, 9.17) is 0 Å². The zero-order valence-electron chi connectivity index (χ0n) is 18.6. The Kier molecular flexibility index (Phi) is 6.53. The number of hydrogen-bond donors (Lipinski definition) is 2. The number of anilines is 1. The molecular formula is C25H30N2O3S. The lowest BCUT2D eigenvalue weighted by Gasteiger charge is -2.22. The second-order valence-electron chi connectivity index (χ2n) is 9.17. The third-order valence-electron chi connectivity index (χ3n) is 5.28. The van der Waals surface area contributed by atoms with Crippen LogP contribution in [0.25, 0.3) is 10.8 Å². The molecule has 0 fully saturated rings. The molecule has 0 radical (unpaired) electrons. The van der Waals surface area contributed by atoms with Gasteiger partial charge in [-0.05, 0) is 51.9 Å². The van der Waals surface area contributed by atoms with Gasteiger partial charge < -0.3 is 5.32 Å². The van der Waals surface area contributed by atoms with Crippen molar-refractivity contribution in [1.82, 2.24) is 4.72 Å². The maximum Gasteiger partial charge on any atom is 0.242 e. The van der Waals surface area contributed by atoms with Crippen molar-refractivity contribution >= 4 is 32.4 Å². The highest BCUT2D eigenvalue weighted by Gasteiger charge is 2.29. The highest BCUT2D eigenvalue weighted by atomic mass is 32.2. The summed E-state index contributed by atoms with van der Waals surface area (Å²) in [5.41, 5.74) is 1.60. The SMILES string of the molecule is CC(C)C(NS(=O)(=O)c1ccc(C(C)(C)C)cc1)C(=O)Nc1ccc2ccccc2c1. The van der Waals surface area contributed by atoms with Gasteiger partial charge >= 0.3 is 0 Å². The molecular weight excluding hydrogens is 408 g/mol. The van der Waals surface area contributed by atoms with Gasteiger partial charge in [-0.3, -0.25) is 4.79 Å². The second kappa shape index (κ2) is 8.81. The lowest BCUT2D eigenvalue weighted by molar-refractivity contribution is -0.118. The van der Waals surface area contributed by atoms with E-state index in [9.17, 15) is 13.2 Å². The number of fused-ring (bicyclic) bond motifs is 1. The van der Waals surface area contributed by atoms with Crippen LogP contribution in [0.2, 0.25) is 0 Å². The van der Waals surface area contributed by atoms with Gasteiger partial charge in [-0.1, -0.05) is 77.1 Å². The average molecular weight is 439 g/mol. The zero-order chi connectivity index (χ0) is 22.8. The molecule has 1 amide bonds. The molecule has 0 aliphatic rings. The van der Waals surface area contributed by atoms with Gasteiger partial charge in [0.25, 0.3) is 0 Å². The van der Waals surface area contributed by atoms with E-state index in [2.05, 4.69) is 30.8 Å². The predicted octanol–water partition coefficient (Wildman–Crippen LogP) is 5.08. The van der Waals surface area contributed by atoms with Gasteiger partial charge in [-0.2, -0.15) is 4.72 Å². The summed E-state index contributed by atoms with van der Waals surface area (Å²) < 4.78 is 28.5. The fraction of sp³-hybridized carbons (Fsp3) is 0.320. The van der Waals surface area contributed by atoms with Crippen LogP contribution in [0.15, 0.2) is 71.6 Å². The molecule has 164 valence electrons. The highest BCUT2D eigenvalue weighted by molar-refractivity contribution is 7.89. The Labute approximate surface area is 184 Å². The molecule has 3 rings (SSSR count). The van der Waals surface area contributed by atoms with Gasteiger partial charge in [0, 0.05) is 5.69 Å². The number of hydrogen-bond acceptors (Lipinski definition) is 3. The van der Waals surface area contributed by atoms with Gasteiger partial charge in [-0.25, -0.2) is 8.42 Å². The normalized spacial score (nSPS) is 13.4. The minimum atomic E-state index is -3.85. The maximum absolute atomic E-state index is 12.9. The Balaban J connectivity index is 1.79. The minimum Gasteiger partial charge on any atom is -0.325 e. The molecule has 0 aliphatic heterocycles. The first-order valence-electron chi connectivity index (χ1n) is 10.4. The Morgan fingerprint density at radius 2 is 1.48 bits per heavy atom. The van der Waals surface area contributed by atoms with Crippen molar-refractivity contribution in [1.29, 1.82) is 0 Å². The van der Waals surface area contributed by atoms with Crippen LogP contribution in [0.5, 0.6) is 0 Å². The van der Waals surface area contributed by atoms with Crippen LogP contribution in [0, 0.1) is 5.92 Å². The molecule has 0 spiro atoms. The molecule has 3 aromatic rings. The molecule has 2 N–H and O–H groups in total. The summed E-state index contributed by atoms with van der Waals surface area (Å²) in [6.07, 6.45) is 0. The highest BCUT2D eigenvalue weighted by Crippen LogP contribution is 2.24. The van der Waals surface area contributed by atoms with Crippen molar-refractivity contribution in [3.05, 3.63) is 72.3 Å². The van der Waals surface area contributed by atoms with E-state index in [1.165, 1.54) is 0 Å².